The smallest absolute Gasteiger partial charge is 0.113 e. The molecule has 0 aliphatic carbocycles. The standard InChI is InChI=1S/C15H20N2O2/c1-3-17-11-13(10-16-17)14(18)15(19-4-2)12-8-6-5-7-9-12/h5-11,14-15,18H,3-4H2,1-2H3. The summed E-state index contributed by atoms with van der Waals surface area (Å²) in [5, 5.41) is 14.7. The van der Waals surface area contributed by atoms with E-state index in [0.29, 0.717) is 6.61 Å². The number of aliphatic hydroxyl groups is 1. The summed E-state index contributed by atoms with van der Waals surface area (Å²) in [4.78, 5) is 0. The zero-order chi connectivity index (χ0) is 13.7. The van der Waals surface area contributed by atoms with Crippen LogP contribution >= 0.6 is 0 Å². The van der Waals surface area contributed by atoms with Crippen LogP contribution in [-0.4, -0.2) is 21.5 Å². The van der Waals surface area contributed by atoms with Gasteiger partial charge in [-0.25, -0.2) is 0 Å². The maximum atomic E-state index is 10.5. The van der Waals surface area contributed by atoms with E-state index < -0.39 is 6.10 Å². The number of aryl methyl sites for hydroxylation is 1. The van der Waals surface area contributed by atoms with Gasteiger partial charge in [0.15, 0.2) is 0 Å². The van der Waals surface area contributed by atoms with Gasteiger partial charge in [0.1, 0.15) is 12.2 Å². The second-order valence-corrected chi connectivity index (χ2v) is 4.36. The fraction of sp³-hybridized carbons (Fsp3) is 0.400. The van der Waals surface area contributed by atoms with Crippen molar-refractivity contribution in [1.29, 1.82) is 0 Å². The van der Waals surface area contributed by atoms with Crippen molar-refractivity contribution in [3.8, 4) is 0 Å². The summed E-state index contributed by atoms with van der Waals surface area (Å²) < 4.78 is 7.50. The first kappa shape index (κ1) is 13.8. The van der Waals surface area contributed by atoms with Gasteiger partial charge in [-0.05, 0) is 19.4 Å². The van der Waals surface area contributed by atoms with E-state index in [2.05, 4.69) is 5.10 Å². The average molecular weight is 260 g/mol. The SMILES string of the molecule is CCOC(c1ccccc1)C(O)c1cnn(CC)c1. The molecular weight excluding hydrogens is 240 g/mol. The van der Waals surface area contributed by atoms with E-state index in [1.807, 2.05) is 50.4 Å². The van der Waals surface area contributed by atoms with Crippen molar-refractivity contribution < 1.29 is 9.84 Å². The molecule has 0 fully saturated rings. The second kappa shape index (κ2) is 6.50. The van der Waals surface area contributed by atoms with Crippen molar-refractivity contribution >= 4 is 0 Å². The molecule has 1 heterocycles. The van der Waals surface area contributed by atoms with Crippen LogP contribution in [-0.2, 0) is 11.3 Å². The summed E-state index contributed by atoms with van der Waals surface area (Å²) in [6, 6.07) is 9.78. The Morgan fingerprint density at radius 2 is 1.95 bits per heavy atom. The molecular formula is C15H20N2O2. The van der Waals surface area contributed by atoms with E-state index in [1.54, 1.807) is 10.9 Å². The maximum Gasteiger partial charge on any atom is 0.113 e. The van der Waals surface area contributed by atoms with Crippen LogP contribution in [0.4, 0.5) is 0 Å². The molecule has 0 aliphatic rings. The number of hydrogen-bond acceptors (Lipinski definition) is 3. The van der Waals surface area contributed by atoms with E-state index in [9.17, 15) is 5.11 Å². The molecule has 4 nitrogen and oxygen atoms in total. The summed E-state index contributed by atoms with van der Waals surface area (Å²) in [5.41, 5.74) is 1.75. The lowest BCUT2D eigenvalue weighted by molar-refractivity contribution is -0.0361. The van der Waals surface area contributed by atoms with E-state index in [0.717, 1.165) is 17.7 Å². The van der Waals surface area contributed by atoms with Gasteiger partial charge in [0.2, 0.25) is 0 Å². The highest BCUT2D eigenvalue weighted by Gasteiger charge is 2.24. The number of benzene rings is 1. The first-order valence-corrected chi connectivity index (χ1v) is 6.63. The Morgan fingerprint density at radius 1 is 1.21 bits per heavy atom. The van der Waals surface area contributed by atoms with E-state index in [-0.39, 0.29) is 6.10 Å². The molecule has 1 aromatic heterocycles. The first-order valence-electron chi connectivity index (χ1n) is 6.63. The molecule has 0 saturated heterocycles. The largest absolute Gasteiger partial charge is 0.385 e. The third kappa shape index (κ3) is 3.22. The van der Waals surface area contributed by atoms with Crippen LogP contribution in [0.1, 0.15) is 37.2 Å². The Bertz CT molecular complexity index is 496. The molecule has 0 amide bonds. The van der Waals surface area contributed by atoms with E-state index >= 15 is 0 Å². The van der Waals surface area contributed by atoms with Crippen molar-refractivity contribution in [2.24, 2.45) is 0 Å². The molecule has 1 N–H and O–H groups in total. The minimum atomic E-state index is -0.706. The van der Waals surface area contributed by atoms with Crippen molar-refractivity contribution in [2.45, 2.75) is 32.6 Å². The van der Waals surface area contributed by atoms with Gasteiger partial charge in [-0.1, -0.05) is 30.3 Å². The van der Waals surface area contributed by atoms with Gasteiger partial charge in [0.25, 0.3) is 0 Å². The molecule has 102 valence electrons. The zero-order valence-electron chi connectivity index (χ0n) is 11.4. The van der Waals surface area contributed by atoms with Crippen molar-refractivity contribution in [2.75, 3.05) is 6.61 Å². The van der Waals surface area contributed by atoms with Crippen LogP contribution in [0.2, 0.25) is 0 Å². The molecule has 19 heavy (non-hydrogen) atoms. The van der Waals surface area contributed by atoms with Crippen molar-refractivity contribution in [3.05, 3.63) is 53.9 Å². The minimum Gasteiger partial charge on any atom is -0.385 e. The molecule has 2 atom stereocenters. The number of hydrogen-bond donors (Lipinski definition) is 1. The second-order valence-electron chi connectivity index (χ2n) is 4.36. The van der Waals surface area contributed by atoms with E-state index in [4.69, 9.17) is 4.74 Å². The number of ether oxygens (including phenoxy) is 1. The van der Waals surface area contributed by atoms with Crippen molar-refractivity contribution in [3.63, 3.8) is 0 Å². The third-order valence-corrected chi connectivity index (χ3v) is 3.08. The van der Waals surface area contributed by atoms with Crippen LogP contribution < -0.4 is 0 Å². The van der Waals surface area contributed by atoms with Gasteiger partial charge < -0.3 is 9.84 Å². The molecule has 4 heteroatoms. The van der Waals surface area contributed by atoms with Crippen molar-refractivity contribution in [1.82, 2.24) is 9.78 Å². The molecule has 2 aromatic rings. The van der Waals surface area contributed by atoms with Crippen LogP contribution in [0.3, 0.4) is 0 Å². The summed E-state index contributed by atoms with van der Waals surface area (Å²) in [6.45, 7) is 5.29. The normalized spacial score (nSPS) is 14.3. The Balaban J connectivity index is 2.23. The molecule has 0 radical (unpaired) electrons. The van der Waals surface area contributed by atoms with Crippen LogP contribution in [0.5, 0.6) is 0 Å². The summed E-state index contributed by atoms with van der Waals surface area (Å²) in [7, 11) is 0. The first-order chi connectivity index (χ1) is 9.26. The number of rotatable bonds is 6. The molecule has 0 saturated carbocycles. The summed E-state index contributed by atoms with van der Waals surface area (Å²) >= 11 is 0. The minimum absolute atomic E-state index is 0.360. The monoisotopic (exact) mass is 260 g/mol. The Morgan fingerprint density at radius 3 is 2.53 bits per heavy atom. The number of nitrogens with zero attached hydrogens (tertiary/aromatic N) is 2. The Labute approximate surface area is 113 Å². The zero-order valence-corrected chi connectivity index (χ0v) is 11.4. The Hall–Kier alpha value is -1.65. The Kier molecular flexibility index (Phi) is 4.71. The van der Waals surface area contributed by atoms with Gasteiger partial charge in [0.05, 0.1) is 6.20 Å². The maximum absolute atomic E-state index is 10.5. The van der Waals surface area contributed by atoms with Gasteiger partial charge >= 0.3 is 0 Å². The lowest BCUT2D eigenvalue weighted by atomic mass is 10.0. The lowest BCUT2D eigenvalue weighted by Crippen LogP contribution is -2.14. The molecule has 0 bridgehead atoms. The number of aliphatic hydroxyl groups excluding tert-OH is 1. The van der Waals surface area contributed by atoms with E-state index in [1.165, 1.54) is 0 Å². The lowest BCUT2D eigenvalue weighted by Gasteiger charge is -2.22. The topological polar surface area (TPSA) is 47.3 Å². The van der Waals surface area contributed by atoms with Gasteiger partial charge in [-0.2, -0.15) is 5.10 Å². The molecule has 0 aliphatic heterocycles. The van der Waals surface area contributed by atoms with Crippen LogP contribution in [0.15, 0.2) is 42.7 Å². The van der Waals surface area contributed by atoms with Gasteiger partial charge in [-0.3, -0.25) is 4.68 Å². The molecule has 1 aromatic carbocycles. The van der Waals surface area contributed by atoms with Crippen LogP contribution in [0, 0.1) is 0 Å². The molecule has 0 spiro atoms. The fourth-order valence-corrected chi connectivity index (χ4v) is 2.07. The highest BCUT2D eigenvalue weighted by molar-refractivity contribution is 5.22. The third-order valence-electron chi connectivity index (χ3n) is 3.08. The highest BCUT2D eigenvalue weighted by Crippen LogP contribution is 2.31. The summed E-state index contributed by atoms with van der Waals surface area (Å²) in [5.74, 6) is 0. The predicted octanol–water partition coefficient (Wildman–Crippen LogP) is 2.71. The molecule has 2 unspecified atom stereocenters. The predicted molar refractivity (Wildman–Crippen MR) is 73.7 cm³/mol. The molecule has 2 rings (SSSR count). The fourth-order valence-electron chi connectivity index (χ4n) is 2.07. The van der Waals surface area contributed by atoms with Gasteiger partial charge in [0, 0.05) is 24.9 Å². The summed E-state index contributed by atoms with van der Waals surface area (Å²) in [6.07, 6.45) is 2.49. The highest BCUT2D eigenvalue weighted by atomic mass is 16.5. The van der Waals surface area contributed by atoms with Gasteiger partial charge in [-0.15, -0.1) is 0 Å². The van der Waals surface area contributed by atoms with Crippen LogP contribution in [0.25, 0.3) is 0 Å². The quantitative estimate of drug-likeness (QED) is 0.868. The number of aromatic nitrogens is 2. The average Bonchev–Trinajstić information content (AvgIpc) is 2.94.